The summed E-state index contributed by atoms with van der Waals surface area (Å²) in [6.07, 6.45) is -13.6. The number of aliphatic hydroxyl groups is 3. The third kappa shape index (κ3) is 9.30. The van der Waals surface area contributed by atoms with Crippen LogP contribution in [0.3, 0.4) is 0 Å². The van der Waals surface area contributed by atoms with Gasteiger partial charge in [0.2, 0.25) is 0 Å². The molecule has 14 nitrogen and oxygen atoms in total. The van der Waals surface area contributed by atoms with Gasteiger partial charge in [-0.1, -0.05) is 60.7 Å². The molecule has 252 valence electrons. The lowest BCUT2D eigenvalue weighted by Crippen LogP contribution is -2.66. The van der Waals surface area contributed by atoms with Gasteiger partial charge in [0.05, 0.1) is 26.4 Å². The minimum absolute atomic E-state index is 0.0176. The molecule has 1 unspecified atom stereocenters. The standard InChI is InChI=1S/C32H40O14/c1-18(35)41-26-24(15-34)45-32(30(43-20(3)37)28(26)42-19(2)36)46-27-25(39-16-21-10-6-4-7-11-21)23(14-33)44-31(38)29(27)40-17-22-12-8-5-9-13-22/h4-13,23-34,38H,14-17H2,1-3H3/t23-,24-,25-,26-,27+,28+,29-,30-,31?,32+/m1/s1. The third-order valence-corrected chi connectivity index (χ3v) is 7.33. The smallest absolute Gasteiger partial charge is 0.303 e. The molecular weight excluding hydrogens is 608 g/mol. The number of carbonyl (C=O) groups is 3. The minimum atomic E-state index is -1.62. The van der Waals surface area contributed by atoms with E-state index in [0.717, 1.165) is 31.9 Å². The monoisotopic (exact) mass is 648 g/mol. The van der Waals surface area contributed by atoms with E-state index in [-0.39, 0.29) is 13.2 Å². The van der Waals surface area contributed by atoms with Gasteiger partial charge in [-0.05, 0) is 11.1 Å². The van der Waals surface area contributed by atoms with E-state index in [1.807, 2.05) is 60.7 Å². The van der Waals surface area contributed by atoms with Gasteiger partial charge in [-0.25, -0.2) is 0 Å². The van der Waals surface area contributed by atoms with E-state index in [4.69, 9.17) is 37.9 Å². The molecule has 0 spiro atoms. The Labute approximate surface area is 266 Å². The first kappa shape index (κ1) is 35.4. The Morgan fingerprint density at radius 1 is 0.609 bits per heavy atom. The fourth-order valence-electron chi connectivity index (χ4n) is 5.38. The van der Waals surface area contributed by atoms with Crippen molar-refractivity contribution in [2.24, 2.45) is 0 Å². The largest absolute Gasteiger partial charge is 0.456 e. The Balaban J connectivity index is 1.72. The first-order valence-corrected chi connectivity index (χ1v) is 14.8. The van der Waals surface area contributed by atoms with Gasteiger partial charge >= 0.3 is 17.9 Å². The van der Waals surface area contributed by atoms with Crippen LogP contribution in [-0.4, -0.2) is 108 Å². The van der Waals surface area contributed by atoms with Crippen molar-refractivity contribution >= 4 is 17.9 Å². The van der Waals surface area contributed by atoms with Crippen molar-refractivity contribution in [1.29, 1.82) is 0 Å². The van der Waals surface area contributed by atoms with E-state index in [1.165, 1.54) is 0 Å². The molecule has 10 atom stereocenters. The van der Waals surface area contributed by atoms with Gasteiger partial charge < -0.3 is 53.2 Å². The van der Waals surface area contributed by atoms with Gasteiger partial charge in [0.1, 0.15) is 30.5 Å². The number of rotatable bonds is 13. The van der Waals surface area contributed by atoms with E-state index in [9.17, 15) is 29.7 Å². The van der Waals surface area contributed by atoms with Crippen molar-refractivity contribution in [3.63, 3.8) is 0 Å². The second-order valence-electron chi connectivity index (χ2n) is 10.8. The number of esters is 3. The SMILES string of the molecule is CC(=O)O[C@@H]1[C@@H](OC(C)=O)[C@H](O[C@H]2[C@H](OCc3ccccc3)[C@@H](CO)OC(O)[C@@H]2OCc2ccccc2)O[C@H](CO)[C@H]1OC(C)=O. The number of benzene rings is 2. The van der Waals surface area contributed by atoms with Crippen molar-refractivity contribution < 1.29 is 67.6 Å². The van der Waals surface area contributed by atoms with Crippen LogP contribution in [0.25, 0.3) is 0 Å². The Morgan fingerprint density at radius 2 is 1.07 bits per heavy atom. The maximum absolute atomic E-state index is 12.3. The highest BCUT2D eigenvalue weighted by Crippen LogP contribution is 2.35. The normalized spacial score (nSPS) is 31.1. The molecule has 2 saturated heterocycles. The number of hydrogen-bond acceptors (Lipinski definition) is 14. The van der Waals surface area contributed by atoms with Crippen LogP contribution in [0.4, 0.5) is 0 Å². The molecule has 14 heteroatoms. The predicted octanol–water partition coefficient (Wildman–Crippen LogP) is 0.764. The van der Waals surface area contributed by atoms with Crippen LogP contribution in [0.2, 0.25) is 0 Å². The molecule has 0 bridgehead atoms. The zero-order chi connectivity index (χ0) is 33.2. The van der Waals surface area contributed by atoms with Crippen molar-refractivity contribution in [3.05, 3.63) is 71.8 Å². The van der Waals surface area contributed by atoms with Crippen molar-refractivity contribution in [2.75, 3.05) is 13.2 Å². The van der Waals surface area contributed by atoms with Gasteiger partial charge in [-0.2, -0.15) is 0 Å². The molecular formula is C32H40O14. The fraction of sp³-hybridized carbons (Fsp3) is 0.531. The summed E-state index contributed by atoms with van der Waals surface area (Å²) >= 11 is 0. The summed E-state index contributed by atoms with van der Waals surface area (Å²) in [5.74, 6) is -2.38. The van der Waals surface area contributed by atoms with Gasteiger partial charge in [-0.15, -0.1) is 0 Å². The average molecular weight is 649 g/mol. The van der Waals surface area contributed by atoms with Gasteiger partial charge in [-0.3, -0.25) is 14.4 Å². The zero-order valence-corrected chi connectivity index (χ0v) is 25.7. The maximum atomic E-state index is 12.3. The lowest BCUT2D eigenvalue weighted by atomic mass is 9.96. The van der Waals surface area contributed by atoms with Gasteiger partial charge in [0.25, 0.3) is 0 Å². The summed E-state index contributed by atoms with van der Waals surface area (Å²) in [6, 6.07) is 18.3. The van der Waals surface area contributed by atoms with Crippen molar-refractivity contribution in [3.8, 4) is 0 Å². The summed E-state index contributed by atoms with van der Waals surface area (Å²) in [6.45, 7) is 2.11. The summed E-state index contributed by atoms with van der Waals surface area (Å²) in [5.41, 5.74) is 1.56. The van der Waals surface area contributed by atoms with Gasteiger partial charge in [0.15, 0.2) is 30.9 Å². The molecule has 2 fully saturated rings. The molecule has 0 aromatic heterocycles. The lowest BCUT2D eigenvalue weighted by Gasteiger charge is -2.48. The van der Waals surface area contributed by atoms with Crippen LogP contribution in [0.1, 0.15) is 31.9 Å². The van der Waals surface area contributed by atoms with Crippen LogP contribution < -0.4 is 0 Å². The predicted molar refractivity (Wildman–Crippen MR) is 155 cm³/mol. The van der Waals surface area contributed by atoms with E-state index in [1.54, 1.807) is 0 Å². The number of hydrogen-bond donors (Lipinski definition) is 3. The number of aliphatic hydroxyl groups excluding tert-OH is 3. The van der Waals surface area contributed by atoms with Crippen LogP contribution >= 0.6 is 0 Å². The molecule has 0 saturated carbocycles. The fourth-order valence-corrected chi connectivity index (χ4v) is 5.38. The van der Waals surface area contributed by atoms with Crippen LogP contribution in [0.5, 0.6) is 0 Å². The van der Waals surface area contributed by atoms with E-state index < -0.39 is 92.5 Å². The van der Waals surface area contributed by atoms with E-state index in [2.05, 4.69) is 0 Å². The molecule has 2 aromatic rings. The maximum Gasteiger partial charge on any atom is 0.303 e. The summed E-state index contributed by atoms with van der Waals surface area (Å²) in [7, 11) is 0. The molecule has 46 heavy (non-hydrogen) atoms. The molecule has 3 N–H and O–H groups in total. The second-order valence-corrected chi connectivity index (χ2v) is 10.8. The van der Waals surface area contributed by atoms with Crippen molar-refractivity contribution in [1.82, 2.24) is 0 Å². The minimum Gasteiger partial charge on any atom is -0.456 e. The van der Waals surface area contributed by atoms with E-state index >= 15 is 0 Å². The van der Waals surface area contributed by atoms with Crippen molar-refractivity contribution in [2.45, 2.75) is 95.4 Å². The molecule has 2 aliphatic heterocycles. The summed E-state index contributed by atoms with van der Waals surface area (Å²) < 4.78 is 46.7. The summed E-state index contributed by atoms with van der Waals surface area (Å²) in [5, 5.41) is 31.5. The first-order valence-electron chi connectivity index (χ1n) is 14.8. The lowest BCUT2D eigenvalue weighted by molar-refractivity contribution is -0.365. The molecule has 0 amide bonds. The average Bonchev–Trinajstić information content (AvgIpc) is 3.02. The Hall–Kier alpha value is -3.47. The highest BCUT2D eigenvalue weighted by Gasteiger charge is 2.56. The quantitative estimate of drug-likeness (QED) is 0.204. The highest BCUT2D eigenvalue weighted by molar-refractivity contribution is 5.68. The van der Waals surface area contributed by atoms with E-state index in [0.29, 0.717) is 0 Å². The Morgan fingerprint density at radius 3 is 1.57 bits per heavy atom. The van der Waals surface area contributed by atoms with Crippen LogP contribution in [0, 0.1) is 0 Å². The third-order valence-electron chi connectivity index (χ3n) is 7.33. The zero-order valence-electron chi connectivity index (χ0n) is 25.7. The molecule has 0 radical (unpaired) electrons. The second kappa shape index (κ2) is 16.9. The summed E-state index contributed by atoms with van der Waals surface area (Å²) in [4.78, 5) is 36.4. The molecule has 2 heterocycles. The topological polar surface area (TPSA) is 186 Å². The first-order chi connectivity index (χ1) is 22.1. The molecule has 4 rings (SSSR count). The molecule has 0 aliphatic carbocycles. The Bertz CT molecular complexity index is 1260. The molecule has 2 aliphatic rings. The molecule has 2 aromatic carbocycles. The number of carbonyl (C=O) groups excluding carboxylic acids is 3. The highest BCUT2D eigenvalue weighted by atomic mass is 16.8. The van der Waals surface area contributed by atoms with Crippen LogP contribution in [0.15, 0.2) is 60.7 Å². The Kier molecular flexibility index (Phi) is 13.0. The number of ether oxygens (including phenoxy) is 8. The van der Waals surface area contributed by atoms with Crippen LogP contribution in [-0.2, 0) is 65.5 Å². The van der Waals surface area contributed by atoms with Gasteiger partial charge in [0, 0.05) is 20.8 Å².